The van der Waals surface area contributed by atoms with Crippen molar-refractivity contribution in [3.8, 4) is 5.75 Å². The Morgan fingerprint density at radius 2 is 1.70 bits per heavy atom. The summed E-state index contributed by atoms with van der Waals surface area (Å²) in [5.41, 5.74) is 4.49. The lowest BCUT2D eigenvalue weighted by Crippen LogP contribution is -2.20. The second-order valence-electron chi connectivity index (χ2n) is 7.34. The van der Waals surface area contributed by atoms with Crippen molar-refractivity contribution in [2.24, 2.45) is 0 Å². The summed E-state index contributed by atoms with van der Waals surface area (Å²) in [6, 6.07) is 14.9. The molecule has 0 heterocycles. The van der Waals surface area contributed by atoms with Gasteiger partial charge in [-0.15, -0.1) is 11.8 Å². The molecule has 1 aliphatic rings. The van der Waals surface area contributed by atoms with Gasteiger partial charge in [-0.2, -0.15) is 0 Å². The predicted octanol–water partition coefficient (Wildman–Crippen LogP) is 6.61. The first-order chi connectivity index (χ1) is 13.2. The largest absolute Gasteiger partial charge is 0.465 e. The summed E-state index contributed by atoms with van der Waals surface area (Å²) in [6.07, 6.45) is 5.84. The summed E-state index contributed by atoms with van der Waals surface area (Å²) in [7, 11) is 0. The maximum atomic E-state index is 6.20. The normalized spacial score (nSPS) is 15.8. The molecule has 0 saturated carbocycles. The molecule has 0 spiro atoms. The molecule has 1 aliphatic carbocycles. The van der Waals surface area contributed by atoms with Crippen molar-refractivity contribution in [3.05, 3.63) is 59.2 Å². The molecule has 0 amide bonds. The molecule has 2 aromatic carbocycles. The van der Waals surface area contributed by atoms with E-state index in [4.69, 9.17) is 9.47 Å². The third-order valence-electron chi connectivity index (χ3n) is 5.41. The fourth-order valence-electron chi connectivity index (χ4n) is 3.76. The second-order valence-corrected chi connectivity index (χ2v) is 8.51. The van der Waals surface area contributed by atoms with E-state index in [1.807, 2.05) is 24.8 Å². The number of ether oxygens (including phenoxy) is 2. The van der Waals surface area contributed by atoms with Gasteiger partial charge in [0.1, 0.15) is 5.75 Å². The van der Waals surface area contributed by atoms with Crippen LogP contribution in [0.15, 0.2) is 47.4 Å². The molecule has 0 radical (unpaired) electrons. The van der Waals surface area contributed by atoms with E-state index in [1.54, 1.807) is 5.56 Å². The minimum atomic E-state index is -0.221. The predicted molar refractivity (Wildman–Crippen MR) is 115 cm³/mol. The monoisotopic (exact) mass is 384 g/mol. The van der Waals surface area contributed by atoms with Crippen LogP contribution in [0.3, 0.4) is 0 Å². The van der Waals surface area contributed by atoms with Gasteiger partial charge in [0.15, 0.2) is 6.29 Å². The van der Waals surface area contributed by atoms with E-state index in [9.17, 15) is 0 Å². The van der Waals surface area contributed by atoms with E-state index >= 15 is 0 Å². The topological polar surface area (TPSA) is 18.5 Å². The van der Waals surface area contributed by atoms with Gasteiger partial charge in [0.25, 0.3) is 0 Å². The third kappa shape index (κ3) is 5.52. The molecule has 2 atom stereocenters. The minimum absolute atomic E-state index is 0.221. The Labute approximate surface area is 168 Å². The second kappa shape index (κ2) is 10.2. The van der Waals surface area contributed by atoms with Gasteiger partial charge in [-0.3, -0.25) is 0 Å². The van der Waals surface area contributed by atoms with Crippen LogP contribution in [-0.2, 0) is 17.6 Å². The smallest absolute Gasteiger partial charge is 0.197 e. The Bertz CT molecular complexity index is 714. The standard InChI is InChI=1S/C24H32O2S/c1-4-18(2)21-14-15-24(23-13-9-8-12-22(21)23)26-19(3)25-16-17-27-20-10-6-5-7-11-20/h5-7,10-11,14-15,18-19H,4,8-9,12-13,16-17H2,1-3H3. The van der Waals surface area contributed by atoms with Crippen molar-refractivity contribution in [3.63, 3.8) is 0 Å². The first-order valence-corrected chi connectivity index (χ1v) is 11.3. The van der Waals surface area contributed by atoms with Crippen LogP contribution in [0.5, 0.6) is 5.75 Å². The van der Waals surface area contributed by atoms with Gasteiger partial charge in [-0.1, -0.05) is 38.1 Å². The van der Waals surface area contributed by atoms with E-state index in [0.29, 0.717) is 12.5 Å². The number of hydrogen-bond acceptors (Lipinski definition) is 3. The van der Waals surface area contributed by atoms with Gasteiger partial charge in [0.05, 0.1) is 6.61 Å². The SMILES string of the molecule is CCC(C)c1ccc(OC(C)OCCSc2ccccc2)c2c1CCCC2. The molecule has 0 bridgehead atoms. The summed E-state index contributed by atoms with van der Waals surface area (Å²) >= 11 is 1.82. The van der Waals surface area contributed by atoms with Crippen molar-refractivity contribution in [1.82, 2.24) is 0 Å². The lowest BCUT2D eigenvalue weighted by molar-refractivity contribution is -0.0607. The van der Waals surface area contributed by atoms with Gasteiger partial charge in [0.2, 0.25) is 0 Å². The van der Waals surface area contributed by atoms with Crippen LogP contribution in [0.1, 0.15) is 62.6 Å². The van der Waals surface area contributed by atoms with Crippen LogP contribution in [-0.4, -0.2) is 18.6 Å². The highest BCUT2D eigenvalue weighted by Gasteiger charge is 2.21. The van der Waals surface area contributed by atoms with Crippen LogP contribution < -0.4 is 4.74 Å². The Balaban J connectivity index is 1.56. The molecular formula is C24H32O2S. The van der Waals surface area contributed by atoms with Crippen LogP contribution in [0.4, 0.5) is 0 Å². The molecule has 146 valence electrons. The summed E-state index contributed by atoms with van der Waals surface area (Å²) in [6.45, 7) is 7.30. The number of thioether (sulfide) groups is 1. The lowest BCUT2D eigenvalue weighted by Gasteiger charge is -2.26. The molecule has 0 aromatic heterocycles. The number of fused-ring (bicyclic) bond motifs is 1. The summed E-state index contributed by atoms with van der Waals surface area (Å²) in [5.74, 6) is 2.58. The quantitative estimate of drug-likeness (QED) is 0.275. The first kappa shape index (κ1) is 20.3. The van der Waals surface area contributed by atoms with Crippen molar-refractivity contribution < 1.29 is 9.47 Å². The Morgan fingerprint density at radius 1 is 0.963 bits per heavy atom. The zero-order valence-corrected chi connectivity index (χ0v) is 17.7. The average molecular weight is 385 g/mol. The summed E-state index contributed by atoms with van der Waals surface area (Å²) in [4.78, 5) is 1.28. The molecule has 3 heteroatoms. The van der Waals surface area contributed by atoms with Crippen molar-refractivity contribution in [1.29, 1.82) is 0 Å². The molecule has 0 aliphatic heterocycles. The molecule has 0 N–H and O–H groups in total. The van der Waals surface area contributed by atoms with Crippen LogP contribution in [0.25, 0.3) is 0 Å². The van der Waals surface area contributed by atoms with Gasteiger partial charge in [-0.25, -0.2) is 0 Å². The van der Waals surface area contributed by atoms with E-state index in [0.717, 1.165) is 17.9 Å². The van der Waals surface area contributed by atoms with E-state index in [1.165, 1.54) is 41.7 Å². The molecule has 2 unspecified atom stereocenters. The van der Waals surface area contributed by atoms with Crippen molar-refractivity contribution in [2.45, 2.75) is 70.0 Å². The number of rotatable bonds is 9. The molecule has 0 saturated heterocycles. The maximum Gasteiger partial charge on any atom is 0.197 e. The fraction of sp³-hybridized carbons (Fsp3) is 0.500. The Kier molecular flexibility index (Phi) is 7.66. The van der Waals surface area contributed by atoms with E-state index < -0.39 is 0 Å². The maximum absolute atomic E-state index is 6.20. The van der Waals surface area contributed by atoms with Gasteiger partial charge < -0.3 is 9.47 Å². The van der Waals surface area contributed by atoms with Gasteiger partial charge >= 0.3 is 0 Å². The Hall–Kier alpha value is -1.45. The third-order valence-corrected chi connectivity index (χ3v) is 6.39. The van der Waals surface area contributed by atoms with E-state index in [2.05, 4.69) is 50.2 Å². The zero-order chi connectivity index (χ0) is 19.1. The van der Waals surface area contributed by atoms with Gasteiger partial charge in [0, 0.05) is 10.6 Å². The first-order valence-electron chi connectivity index (χ1n) is 10.3. The molecule has 3 rings (SSSR count). The summed E-state index contributed by atoms with van der Waals surface area (Å²) < 4.78 is 12.1. The molecule has 2 aromatic rings. The lowest BCUT2D eigenvalue weighted by atomic mass is 9.83. The molecule has 2 nitrogen and oxygen atoms in total. The highest BCUT2D eigenvalue weighted by Crippen LogP contribution is 2.36. The van der Waals surface area contributed by atoms with E-state index in [-0.39, 0.29) is 6.29 Å². The van der Waals surface area contributed by atoms with Crippen molar-refractivity contribution >= 4 is 11.8 Å². The molecule has 27 heavy (non-hydrogen) atoms. The number of hydrogen-bond donors (Lipinski definition) is 0. The van der Waals surface area contributed by atoms with Crippen LogP contribution >= 0.6 is 11.8 Å². The number of benzene rings is 2. The highest BCUT2D eigenvalue weighted by atomic mass is 32.2. The zero-order valence-electron chi connectivity index (χ0n) is 16.9. The molecule has 0 fully saturated rings. The van der Waals surface area contributed by atoms with Gasteiger partial charge in [-0.05, 0) is 79.8 Å². The van der Waals surface area contributed by atoms with Crippen molar-refractivity contribution in [2.75, 3.05) is 12.4 Å². The van der Waals surface area contributed by atoms with Crippen LogP contribution in [0.2, 0.25) is 0 Å². The summed E-state index contributed by atoms with van der Waals surface area (Å²) in [5, 5.41) is 0. The average Bonchev–Trinajstić information content (AvgIpc) is 2.71. The highest BCUT2D eigenvalue weighted by molar-refractivity contribution is 7.99. The fourth-order valence-corrected chi connectivity index (χ4v) is 4.52. The molecular weight excluding hydrogens is 352 g/mol. The Morgan fingerprint density at radius 3 is 2.44 bits per heavy atom. The minimum Gasteiger partial charge on any atom is -0.465 e. The van der Waals surface area contributed by atoms with Crippen LogP contribution in [0, 0.1) is 0 Å².